The summed E-state index contributed by atoms with van der Waals surface area (Å²) in [5, 5.41) is 3.25. The molecule has 0 radical (unpaired) electrons. The van der Waals surface area contributed by atoms with Gasteiger partial charge in [0.15, 0.2) is 0 Å². The van der Waals surface area contributed by atoms with Crippen LogP contribution < -0.4 is 5.32 Å². The summed E-state index contributed by atoms with van der Waals surface area (Å²) < 4.78 is 0. The number of amides is 1. The minimum Gasteiger partial charge on any atom is -0.345 e. The van der Waals surface area contributed by atoms with E-state index < -0.39 is 0 Å². The third-order valence-corrected chi connectivity index (χ3v) is 5.60. The van der Waals surface area contributed by atoms with E-state index in [4.69, 9.17) is 11.6 Å². The number of hydrogen-bond donors (Lipinski definition) is 1. The van der Waals surface area contributed by atoms with Gasteiger partial charge in [0, 0.05) is 11.4 Å². The number of nitrogens with one attached hydrogen (secondary N) is 1. The third kappa shape index (κ3) is 3.11. The summed E-state index contributed by atoms with van der Waals surface area (Å²) in [5.74, 6) is 1.19. The Morgan fingerprint density at radius 2 is 2.14 bits per heavy atom. The van der Waals surface area contributed by atoms with Crippen LogP contribution in [0.15, 0.2) is 18.2 Å². The van der Waals surface area contributed by atoms with Gasteiger partial charge in [-0.05, 0) is 61.3 Å². The average molecular weight is 306 g/mol. The van der Waals surface area contributed by atoms with E-state index in [-0.39, 0.29) is 11.4 Å². The monoisotopic (exact) mass is 305 g/mol. The van der Waals surface area contributed by atoms with E-state index >= 15 is 0 Å². The van der Waals surface area contributed by atoms with E-state index in [1.54, 1.807) is 0 Å². The summed E-state index contributed by atoms with van der Waals surface area (Å²) in [6.45, 7) is 2.25. The molecule has 2 atom stereocenters. The van der Waals surface area contributed by atoms with Gasteiger partial charge in [-0.1, -0.05) is 25.8 Å². The Bertz CT molecular complexity index is 542. The van der Waals surface area contributed by atoms with Crippen LogP contribution in [0.5, 0.6) is 0 Å². The molecule has 2 nitrogen and oxygen atoms in total. The summed E-state index contributed by atoms with van der Waals surface area (Å²) in [6, 6.07) is 6.16. The van der Waals surface area contributed by atoms with Gasteiger partial charge < -0.3 is 5.32 Å². The molecular formula is C18H24ClNO. The van der Waals surface area contributed by atoms with E-state index in [1.165, 1.54) is 24.0 Å². The van der Waals surface area contributed by atoms with Crippen molar-refractivity contribution < 1.29 is 4.79 Å². The van der Waals surface area contributed by atoms with Gasteiger partial charge in [0.05, 0.1) is 5.54 Å². The molecule has 3 rings (SSSR count). The Kier molecular flexibility index (Phi) is 4.26. The molecule has 0 saturated heterocycles. The van der Waals surface area contributed by atoms with Crippen LogP contribution in [-0.4, -0.2) is 17.3 Å². The van der Waals surface area contributed by atoms with Gasteiger partial charge in [-0.25, -0.2) is 0 Å². The molecule has 2 unspecified atom stereocenters. The molecule has 1 aromatic rings. The zero-order chi connectivity index (χ0) is 14.9. The maximum Gasteiger partial charge on any atom is 0.251 e. The minimum atomic E-state index is -0.213. The van der Waals surface area contributed by atoms with E-state index in [0.29, 0.717) is 11.8 Å². The molecule has 1 fully saturated rings. The van der Waals surface area contributed by atoms with Gasteiger partial charge in [0.1, 0.15) is 0 Å². The molecule has 21 heavy (non-hydrogen) atoms. The first-order valence-corrected chi connectivity index (χ1v) is 8.66. The second-order valence-corrected chi connectivity index (χ2v) is 7.17. The van der Waals surface area contributed by atoms with Crippen molar-refractivity contribution in [3.05, 3.63) is 34.9 Å². The van der Waals surface area contributed by atoms with Crippen LogP contribution >= 0.6 is 11.6 Å². The number of hydrogen-bond acceptors (Lipinski definition) is 1. The van der Waals surface area contributed by atoms with Crippen LogP contribution in [0, 0.1) is 5.92 Å². The van der Waals surface area contributed by atoms with Crippen LogP contribution in [0.1, 0.15) is 60.5 Å². The Hall–Kier alpha value is -1.02. The van der Waals surface area contributed by atoms with Crippen LogP contribution in [0.2, 0.25) is 0 Å². The molecule has 0 spiro atoms. The molecule has 1 aromatic carbocycles. The van der Waals surface area contributed by atoms with Crippen LogP contribution in [0.3, 0.4) is 0 Å². The fraction of sp³-hybridized carbons (Fsp3) is 0.611. The molecule has 2 aliphatic carbocycles. The molecular weight excluding hydrogens is 282 g/mol. The molecule has 2 aliphatic rings. The molecule has 0 bridgehead atoms. The number of benzene rings is 1. The first-order valence-electron chi connectivity index (χ1n) is 8.12. The SMILES string of the molecule is CC1CCCC(CCl)(NC(=O)c2ccc3c(c2)CCC3)C1. The lowest BCUT2D eigenvalue weighted by Gasteiger charge is -2.39. The summed E-state index contributed by atoms with van der Waals surface area (Å²) >= 11 is 6.21. The number of carbonyl (C=O) groups is 1. The predicted octanol–water partition coefficient (Wildman–Crippen LogP) is 4.09. The molecule has 114 valence electrons. The number of aryl methyl sites for hydroxylation is 2. The highest BCUT2D eigenvalue weighted by atomic mass is 35.5. The second kappa shape index (κ2) is 6.00. The van der Waals surface area contributed by atoms with Crippen LogP contribution in [-0.2, 0) is 12.8 Å². The van der Waals surface area contributed by atoms with Gasteiger partial charge in [0.25, 0.3) is 5.91 Å². The molecule has 0 heterocycles. The first-order chi connectivity index (χ1) is 10.1. The second-order valence-electron chi connectivity index (χ2n) is 6.91. The van der Waals surface area contributed by atoms with Crippen molar-refractivity contribution in [2.75, 3.05) is 5.88 Å². The fourth-order valence-electron chi connectivity index (χ4n) is 3.95. The number of rotatable bonds is 3. The van der Waals surface area contributed by atoms with Gasteiger partial charge >= 0.3 is 0 Å². The summed E-state index contributed by atoms with van der Waals surface area (Å²) in [4.78, 5) is 12.6. The lowest BCUT2D eigenvalue weighted by Crippen LogP contribution is -2.52. The quantitative estimate of drug-likeness (QED) is 0.837. The van der Waals surface area contributed by atoms with Gasteiger partial charge in [-0.3, -0.25) is 4.79 Å². The maximum atomic E-state index is 12.6. The number of halogens is 1. The average Bonchev–Trinajstić information content (AvgIpc) is 2.94. The summed E-state index contributed by atoms with van der Waals surface area (Å²) in [7, 11) is 0. The number of carbonyl (C=O) groups excluding carboxylic acids is 1. The van der Waals surface area contributed by atoms with Crippen molar-refractivity contribution in [3.8, 4) is 0 Å². The lowest BCUT2D eigenvalue weighted by molar-refractivity contribution is 0.0867. The normalized spacial score (nSPS) is 28.2. The maximum absolute atomic E-state index is 12.6. The Labute approximate surface area is 132 Å². The zero-order valence-corrected chi connectivity index (χ0v) is 13.5. The molecule has 1 saturated carbocycles. The molecule has 0 aromatic heterocycles. The highest BCUT2D eigenvalue weighted by molar-refractivity contribution is 6.19. The fourth-order valence-corrected chi connectivity index (χ4v) is 4.26. The van der Waals surface area contributed by atoms with Crippen LogP contribution in [0.25, 0.3) is 0 Å². The topological polar surface area (TPSA) is 29.1 Å². The van der Waals surface area contributed by atoms with Crippen molar-refractivity contribution in [1.29, 1.82) is 0 Å². The Morgan fingerprint density at radius 1 is 1.33 bits per heavy atom. The van der Waals surface area contributed by atoms with E-state index in [2.05, 4.69) is 24.4 Å². The standard InChI is InChI=1S/C18H24ClNO/c1-13-4-3-9-18(11-13,12-19)20-17(21)16-8-7-14-5-2-6-15(14)10-16/h7-8,10,13H,2-6,9,11-12H2,1H3,(H,20,21). The summed E-state index contributed by atoms with van der Waals surface area (Å²) in [5.41, 5.74) is 3.33. The highest BCUT2D eigenvalue weighted by Gasteiger charge is 2.35. The smallest absolute Gasteiger partial charge is 0.251 e. The zero-order valence-electron chi connectivity index (χ0n) is 12.8. The third-order valence-electron chi connectivity index (χ3n) is 5.09. The van der Waals surface area contributed by atoms with Crippen molar-refractivity contribution in [2.45, 2.75) is 57.4 Å². The lowest BCUT2D eigenvalue weighted by atomic mass is 9.77. The van der Waals surface area contributed by atoms with Gasteiger partial charge in [-0.15, -0.1) is 11.6 Å². The highest BCUT2D eigenvalue weighted by Crippen LogP contribution is 2.33. The van der Waals surface area contributed by atoms with Crippen molar-refractivity contribution >= 4 is 17.5 Å². The van der Waals surface area contributed by atoms with Crippen LogP contribution in [0.4, 0.5) is 0 Å². The Morgan fingerprint density at radius 3 is 2.90 bits per heavy atom. The molecule has 1 amide bonds. The minimum absolute atomic E-state index is 0.0412. The van der Waals surface area contributed by atoms with E-state index in [0.717, 1.165) is 37.7 Å². The first kappa shape index (κ1) is 14.9. The van der Waals surface area contributed by atoms with E-state index in [9.17, 15) is 4.79 Å². The largest absolute Gasteiger partial charge is 0.345 e. The molecule has 0 aliphatic heterocycles. The van der Waals surface area contributed by atoms with Crippen molar-refractivity contribution in [2.24, 2.45) is 5.92 Å². The molecule has 1 N–H and O–H groups in total. The van der Waals surface area contributed by atoms with Gasteiger partial charge in [0.2, 0.25) is 0 Å². The number of alkyl halides is 1. The van der Waals surface area contributed by atoms with Gasteiger partial charge in [-0.2, -0.15) is 0 Å². The predicted molar refractivity (Wildman–Crippen MR) is 87.0 cm³/mol. The van der Waals surface area contributed by atoms with Crippen molar-refractivity contribution in [1.82, 2.24) is 5.32 Å². The number of fused-ring (bicyclic) bond motifs is 1. The Balaban J connectivity index is 1.75. The molecule has 3 heteroatoms. The summed E-state index contributed by atoms with van der Waals surface area (Å²) in [6.07, 6.45) is 7.86. The van der Waals surface area contributed by atoms with E-state index in [1.807, 2.05) is 6.07 Å². The van der Waals surface area contributed by atoms with Crippen molar-refractivity contribution in [3.63, 3.8) is 0 Å².